The number of benzene rings is 2. The molecule has 0 saturated heterocycles. The van der Waals surface area contributed by atoms with Crippen LogP contribution in [-0.4, -0.2) is 22.4 Å². The molecule has 0 N–H and O–H groups in total. The van der Waals surface area contributed by atoms with Crippen molar-refractivity contribution in [3.63, 3.8) is 0 Å². The monoisotopic (exact) mass is 280 g/mol. The van der Waals surface area contributed by atoms with Gasteiger partial charge in [-0.1, -0.05) is 48.5 Å². The van der Waals surface area contributed by atoms with E-state index >= 15 is 0 Å². The average Bonchev–Trinajstić information content (AvgIpc) is 2.87. The zero-order valence-corrected chi connectivity index (χ0v) is 11.8. The molecule has 0 atom stereocenters. The number of hydrogen-bond acceptors (Lipinski definition) is 3. The zero-order chi connectivity index (χ0) is 14.7. The van der Waals surface area contributed by atoms with Gasteiger partial charge < -0.3 is 4.74 Å². The van der Waals surface area contributed by atoms with Gasteiger partial charge in [-0.2, -0.15) is 5.10 Å². The Morgan fingerprint density at radius 1 is 1.10 bits per heavy atom. The summed E-state index contributed by atoms with van der Waals surface area (Å²) in [6.07, 6.45) is 0. The molecule has 0 unspecified atom stereocenters. The summed E-state index contributed by atoms with van der Waals surface area (Å²) in [6.45, 7) is 2.30. The summed E-state index contributed by atoms with van der Waals surface area (Å²) < 4.78 is 6.71. The SMILES string of the molecule is CCOC(=O)Cn1nc(-c2ccccc2)c2ccccc21. The van der Waals surface area contributed by atoms with Crippen molar-refractivity contribution in [2.75, 3.05) is 6.61 Å². The maximum atomic E-state index is 11.7. The van der Waals surface area contributed by atoms with Crippen LogP contribution in [-0.2, 0) is 16.1 Å². The highest BCUT2D eigenvalue weighted by atomic mass is 16.5. The van der Waals surface area contributed by atoms with Gasteiger partial charge in [0.2, 0.25) is 0 Å². The Kier molecular flexibility index (Phi) is 3.69. The number of rotatable bonds is 4. The van der Waals surface area contributed by atoms with Gasteiger partial charge in [-0.15, -0.1) is 0 Å². The molecule has 4 nitrogen and oxygen atoms in total. The van der Waals surface area contributed by atoms with E-state index in [-0.39, 0.29) is 12.5 Å². The Balaban J connectivity index is 2.08. The third-order valence-corrected chi connectivity index (χ3v) is 3.29. The van der Waals surface area contributed by atoms with Gasteiger partial charge in [0.25, 0.3) is 0 Å². The van der Waals surface area contributed by atoms with Crippen molar-refractivity contribution in [2.24, 2.45) is 0 Å². The number of esters is 1. The molecule has 21 heavy (non-hydrogen) atoms. The second-order valence-corrected chi connectivity index (χ2v) is 4.69. The summed E-state index contributed by atoms with van der Waals surface area (Å²) in [4.78, 5) is 11.7. The molecule has 106 valence electrons. The van der Waals surface area contributed by atoms with Crippen LogP contribution in [0.5, 0.6) is 0 Å². The van der Waals surface area contributed by atoms with Crippen LogP contribution in [0.4, 0.5) is 0 Å². The van der Waals surface area contributed by atoms with Gasteiger partial charge in [-0.05, 0) is 13.0 Å². The summed E-state index contributed by atoms with van der Waals surface area (Å²) in [5, 5.41) is 5.63. The van der Waals surface area contributed by atoms with E-state index < -0.39 is 0 Å². The fraction of sp³-hybridized carbons (Fsp3) is 0.176. The molecule has 0 amide bonds. The Hall–Kier alpha value is -2.62. The first-order chi connectivity index (χ1) is 10.3. The van der Waals surface area contributed by atoms with Crippen LogP contribution >= 0.6 is 0 Å². The molecular formula is C17H16N2O2. The van der Waals surface area contributed by atoms with Crippen molar-refractivity contribution in [3.05, 3.63) is 54.6 Å². The number of hydrogen-bond donors (Lipinski definition) is 0. The number of nitrogens with zero attached hydrogens (tertiary/aromatic N) is 2. The van der Waals surface area contributed by atoms with Gasteiger partial charge in [0.1, 0.15) is 12.2 Å². The first-order valence-corrected chi connectivity index (χ1v) is 6.96. The Bertz CT molecular complexity index is 763. The highest BCUT2D eigenvalue weighted by Crippen LogP contribution is 2.27. The van der Waals surface area contributed by atoms with Crippen molar-refractivity contribution >= 4 is 16.9 Å². The highest BCUT2D eigenvalue weighted by molar-refractivity contribution is 5.93. The standard InChI is InChI=1S/C17H16N2O2/c1-2-21-16(20)12-19-15-11-7-6-10-14(15)17(18-19)13-8-4-3-5-9-13/h3-11H,2,12H2,1H3. The molecule has 0 saturated carbocycles. The number of aromatic nitrogens is 2. The van der Waals surface area contributed by atoms with Crippen LogP contribution in [0, 0.1) is 0 Å². The van der Waals surface area contributed by atoms with E-state index in [2.05, 4.69) is 5.10 Å². The van der Waals surface area contributed by atoms with E-state index in [1.807, 2.05) is 54.6 Å². The minimum absolute atomic E-state index is 0.126. The third kappa shape index (κ3) is 2.65. The zero-order valence-electron chi connectivity index (χ0n) is 11.8. The summed E-state index contributed by atoms with van der Waals surface area (Å²) in [6, 6.07) is 17.9. The molecule has 1 heterocycles. The molecule has 4 heteroatoms. The second-order valence-electron chi connectivity index (χ2n) is 4.69. The maximum absolute atomic E-state index is 11.7. The summed E-state index contributed by atoms with van der Waals surface area (Å²) in [5.41, 5.74) is 2.86. The van der Waals surface area contributed by atoms with Crippen molar-refractivity contribution in [2.45, 2.75) is 13.5 Å². The van der Waals surface area contributed by atoms with Gasteiger partial charge in [0.15, 0.2) is 0 Å². The number of carbonyl (C=O) groups is 1. The maximum Gasteiger partial charge on any atom is 0.327 e. The van der Waals surface area contributed by atoms with E-state index in [1.165, 1.54) is 0 Å². The minimum atomic E-state index is -0.273. The Labute approximate surface area is 123 Å². The Morgan fingerprint density at radius 2 is 1.81 bits per heavy atom. The van der Waals surface area contributed by atoms with E-state index in [9.17, 15) is 4.79 Å². The van der Waals surface area contributed by atoms with Crippen LogP contribution in [0.2, 0.25) is 0 Å². The molecule has 0 bridgehead atoms. The average molecular weight is 280 g/mol. The fourth-order valence-electron chi connectivity index (χ4n) is 2.39. The molecule has 1 aromatic heterocycles. The Morgan fingerprint density at radius 3 is 2.57 bits per heavy atom. The lowest BCUT2D eigenvalue weighted by Crippen LogP contribution is -2.14. The smallest absolute Gasteiger partial charge is 0.327 e. The molecule has 0 radical (unpaired) electrons. The number of carbonyl (C=O) groups excluding carboxylic acids is 1. The van der Waals surface area contributed by atoms with Gasteiger partial charge in [-0.25, -0.2) is 0 Å². The largest absolute Gasteiger partial charge is 0.465 e. The van der Waals surface area contributed by atoms with Gasteiger partial charge in [0.05, 0.1) is 12.1 Å². The van der Waals surface area contributed by atoms with Gasteiger partial charge in [0, 0.05) is 10.9 Å². The topological polar surface area (TPSA) is 44.1 Å². The first-order valence-electron chi connectivity index (χ1n) is 6.96. The van der Waals surface area contributed by atoms with Crippen LogP contribution in [0.15, 0.2) is 54.6 Å². The van der Waals surface area contributed by atoms with Crippen LogP contribution in [0.1, 0.15) is 6.92 Å². The molecule has 0 aliphatic heterocycles. The molecule has 2 aromatic carbocycles. The number of para-hydroxylation sites is 1. The molecule has 3 rings (SSSR count). The highest BCUT2D eigenvalue weighted by Gasteiger charge is 2.14. The summed E-state index contributed by atoms with van der Waals surface area (Å²) in [5.74, 6) is -0.273. The van der Waals surface area contributed by atoms with Crippen molar-refractivity contribution < 1.29 is 9.53 Å². The van der Waals surface area contributed by atoms with E-state index in [1.54, 1.807) is 11.6 Å². The summed E-state index contributed by atoms with van der Waals surface area (Å²) in [7, 11) is 0. The predicted molar refractivity (Wildman–Crippen MR) is 81.8 cm³/mol. The van der Waals surface area contributed by atoms with Crippen molar-refractivity contribution in [1.29, 1.82) is 0 Å². The lowest BCUT2D eigenvalue weighted by Gasteiger charge is -2.03. The van der Waals surface area contributed by atoms with Crippen LogP contribution in [0.25, 0.3) is 22.2 Å². The minimum Gasteiger partial charge on any atom is -0.465 e. The molecule has 0 fully saturated rings. The van der Waals surface area contributed by atoms with E-state index in [0.717, 1.165) is 22.2 Å². The lowest BCUT2D eigenvalue weighted by molar-refractivity contribution is -0.143. The second kappa shape index (κ2) is 5.79. The number of ether oxygens (including phenoxy) is 1. The number of fused-ring (bicyclic) bond motifs is 1. The molecule has 0 aliphatic rings. The van der Waals surface area contributed by atoms with Crippen molar-refractivity contribution in [3.8, 4) is 11.3 Å². The normalized spacial score (nSPS) is 10.7. The predicted octanol–water partition coefficient (Wildman–Crippen LogP) is 3.27. The van der Waals surface area contributed by atoms with E-state index in [4.69, 9.17) is 4.74 Å². The molecule has 0 spiro atoms. The quantitative estimate of drug-likeness (QED) is 0.689. The summed E-state index contributed by atoms with van der Waals surface area (Å²) >= 11 is 0. The van der Waals surface area contributed by atoms with Crippen LogP contribution in [0.3, 0.4) is 0 Å². The first kappa shape index (κ1) is 13.4. The van der Waals surface area contributed by atoms with E-state index in [0.29, 0.717) is 6.61 Å². The van der Waals surface area contributed by atoms with Crippen LogP contribution < -0.4 is 0 Å². The molecule has 0 aliphatic carbocycles. The van der Waals surface area contributed by atoms with Crippen molar-refractivity contribution in [1.82, 2.24) is 9.78 Å². The lowest BCUT2D eigenvalue weighted by atomic mass is 10.1. The fourth-order valence-corrected chi connectivity index (χ4v) is 2.39. The molecule has 3 aromatic rings. The van der Waals surface area contributed by atoms with Gasteiger partial charge >= 0.3 is 5.97 Å². The van der Waals surface area contributed by atoms with Gasteiger partial charge in [-0.3, -0.25) is 9.48 Å². The third-order valence-electron chi connectivity index (χ3n) is 3.29. The molecular weight excluding hydrogens is 264 g/mol.